The van der Waals surface area contributed by atoms with Crippen LogP contribution in [0, 0.1) is 0 Å². The van der Waals surface area contributed by atoms with Crippen molar-refractivity contribution in [2.24, 2.45) is 0 Å². The second kappa shape index (κ2) is 7.96. The molecule has 4 nitrogen and oxygen atoms in total. The smallest absolute Gasteiger partial charge is 0.148 e. The van der Waals surface area contributed by atoms with E-state index in [4.69, 9.17) is 4.74 Å². The lowest BCUT2D eigenvalue weighted by molar-refractivity contribution is 0.315. The Kier molecular flexibility index (Phi) is 6.59. The zero-order chi connectivity index (χ0) is 14.1. The minimum atomic E-state index is -2.89. The number of rotatable bonds is 8. The predicted octanol–water partition coefficient (Wildman–Crippen LogP) is 1.73. The topological polar surface area (TPSA) is 55.4 Å². The summed E-state index contributed by atoms with van der Waals surface area (Å²) in [6.45, 7) is 3.56. The number of sulfone groups is 1. The molecule has 1 rings (SSSR count). The summed E-state index contributed by atoms with van der Waals surface area (Å²) in [6.07, 6.45) is 5.19. The van der Waals surface area contributed by atoms with Gasteiger partial charge in [-0.25, -0.2) is 8.42 Å². The normalized spacial score (nSPS) is 11.9. The molecule has 1 aromatic carbocycles. The number of allylic oxidation sites excluding steroid dienone is 1. The van der Waals surface area contributed by atoms with Crippen molar-refractivity contribution >= 4 is 15.9 Å². The van der Waals surface area contributed by atoms with Crippen LogP contribution in [-0.4, -0.2) is 40.1 Å². The van der Waals surface area contributed by atoms with E-state index < -0.39 is 9.84 Å². The van der Waals surface area contributed by atoms with Gasteiger partial charge in [-0.1, -0.05) is 30.4 Å². The third-order valence-corrected chi connectivity index (χ3v) is 3.40. The molecule has 19 heavy (non-hydrogen) atoms. The lowest BCUT2D eigenvalue weighted by Gasteiger charge is -2.09. The van der Waals surface area contributed by atoms with Crippen molar-refractivity contribution in [3.05, 3.63) is 35.9 Å². The molecule has 1 N–H and O–H groups in total. The van der Waals surface area contributed by atoms with Crippen molar-refractivity contribution < 1.29 is 13.2 Å². The highest BCUT2D eigenvalue weighted by molar-refractivity contribution is 7.90. The second-order valence-corrected chi connectivity index (χ2v) is 6.53. The fourth-order valence-electron chi connectivity index (χ4n) is 1.54. The molecule has 1 aromatic rings. The minimum Gasteiger partial charge on any atom is -0.492 e. The van der Waals surface area contributed by atoms with Crippen molar-refractivity contribution in [1.82, 2.24) is 5.32 Å². The molecule has 0 radical (unpaired) electrons. The fourth-order valence-corrected chi connectivity index (χ4v) is 2.06. The van der Waals surface area contributed by atoms with Crippen LogP contribution in [0.1, 0.15) is 12.5 Å². The first-order chi connectivity index (χ1) is 9.03. The van der Waals surface area contributed by atoms with E-state index in [1.807, 2.05) is 43.3 Å². The van der Waals surface area contributed by atoms with E-state index in [0.717, 1.165) is 11.3 Å². The van der Waals surface area contributed by atoms with Gasteiger partial charge in [-0.3, -0.25) is 0 Å². The van der Waals surface area contributed by atoms with Crippen LogP contribution in [0.25, 0.3) is 6.08 Å². The quantitative estimate of drug-likeness (QED) is 0.738. The molecular formula is C14H21NO3S. The lowest BCUT2D eigenvalue weighted by Crippen LogP contribution is -2.26. The molecular weight excluding hydrogens is 262 g/mol. The molecule has 0 fully saturated rings. The van der Waals surface area contributed by atoms with Gasteiger partial charge in [0.05, 0.1) is 5.75 Å². The van der Waals surface area contributed by atoms with Crippen molar-refractivity contribution in [2.75, 3.05) is 31.7 Å². The first-order valence-corrected chi connectivity index (χ1v) is 8.32. The van der Waals surface area contributed by atoms with Gasteiger partial charge in [0, 0.05) is 24.9 Å². The van der Waals surface area contributed by atoms with Gasteiger partial charge in [-0.05, 0) is 13.0 Å². The Morgan fingerprint density at radius 3 is 2.68 bits per heavy atom. The lowest BCUT2D eigenvalue weighted by atomic mass is 10.2. The zero-order valence-electron chi connectivity index (χ0n) is 11.4. The Labute approximate surface area is 115 Å². The van der Waals surface area contributed by atoms with Gasteiger partial charge < -0.3 is 10.1 Å². The van der Waals surface area contributed by atoms with E-state index >= 15 is 0 Å². The van der Waals surface area contributed by atoms with Crippen molar-refractivity contribution in [1.29, 1.82) is 0 Å². The SMILES string of the molecule is CC=Cc1ccccc1OCCNCCS(C)(=O)=O. The highest BCUT2D eigenvalue weighted by Crippen LogP contribution is 2.18. The molecule has 0 saturated heterocycles. The molecule has 0 saturated carbocycles. The molecule has 0 atom stereocenters. The largest absolute Gasteiger partial charge is 0.492 e. The summed E-state index contributed by atoms with van der Waals surface area (Å²) in [4.78, 5) is 0. The Morgan fingerprint density at radius 1 is 1.26 bits per heavy atom. The van der Waals surface area contributed by atoms with Crippen LogP contribution < -0.4 is 10.1 Å². The molecule has 0 unspecified atom stereocenters. The number of hydrogen-bond donors (Lipinski definition) is 1. The van der Waals surface area contributed by atoms with Crippen LogP contribution in [0.4, 0.5) is 0 Å². The first kappa shape index (κ1) is 15.7. The number of ether oxygens (including phenoxy) is 1. The zero-order valence-corrected chi connectivity index (χ0v) is 12.2. The van der Waals surface area contributed by atoms with Gasteiger partial charge in [0.2, 0.25) is 0 Å². The number of nitrogens with one attached hydrogen (secondary N) is 1. The van der Waals surface area contributed by atoms with Gasteiger partial charge in [0.15, 0.2) is 0 Å². The Bertz CT molecular complexity index is 509. The Balaban J connectivity index is 2.30. The number of para-hydroxylation sites is 1. The average Bonchev–Trinajstić information content (AvgIpc) is 2.34. The Morgan fingerprint density at radius 2 is 2.00 bits per heavy atom. The highest BCUT2D eigenvalue weighted by atomic mass is 32.2. The van der Waals surface area contributed by atoms with Crippen LogP contribution >= 0.6 is 0 Å². The minimum absolute atomic E-state index is 0.155. The molecule has 106 valence electrons. The molecule has 0 aliphatic rings. The van der Waals surface area contributed by atoms with E-state index in [1.54, 1.807) is 0 Å². The summed E-state index contributed by atoms with van der Waals surface area (Å²) < 4.78 is 27.5. The summed E-state index contributed by atoms with van der Waals surface area (Å²) >= 11 is 0. The van der Waals surface area contributed by atoms with Crippen LogP contribution in [0.15, 0.2) is 30.3 Å². The molecule has 0 aromatic heterocycles. The molecule has 0 amide bonds. The van der Waals surface area contributed by atoms with Gasteiger partial charge in [0.1, 0.15) is 22.2 Å². The average molecular weight is 283 g/mol. The second-order valence-electron chi connectivity index (χ2n) is 4.27. The maximum atomic E-state index is 10.9. The van der Waals surface area contributed by atoms with Crippen LogP contribution in [0.3, 0.4) is 0 Å². The Hall–Kier alpha value is -1.33. The van der Waals surface area contributed by atoms with Crippen LogP contribution in [0.5, 0.6) is 5.75 Å². The van der Waals surface area contributed by atoms with E-state index in [0.29, 0.717) is 19.7 Å². The van der Waals surface area contributed by atoms with Gasteiger partial charge in [-0.2, -0.15) is 0 Å². The van der Waals surface area contributed by atoms with Gasteiger partial charge in [-0.15, -0.1) is 0 Å². The molecule has 0 bridgehead atoms. The third-order valence-electron chi connectivity index (χ3n) is 2.45. The van der Waals surface area contributed by atoms with E-state index in [9.17, 15) is 8.42 Å². The molecule has 0 aliphatic carbocycles. The highest BCUT2D eigenvalue weighted by Gasteiger charge is 2.01. The maximum Gasteiger partial charge on any atom is 0.148 e. The van der Waals surface area contributed by atoms with Gasteiger partial charge in [0.25, 0.3) is 0 Å². The number of benzene rings is 1. The summed E-state index contributed by atoms with van der Waals surface area (Å²) in [6, 6.07) is 7.81. The van der Waals surface area contributed by atoms with Crippen molar-refractivity contribution in [2.45, 2.75) is 6.92 Å². The van der Waals surface area contributed by atoms with E-state index in [-0.39, 0.29) is 5.75 Å². The van der Waals surface area contributed by atoms with Crippen molar-refractivity contribution in [3.63, 3.8) is 0 Å². The molecule has 0 heterocycles. The van der Waals surface area contributed by atoms with Crippen LogP contribution in [-0.2, 0) is 9.84 Å². The summed E-state index contributed by atoms with van der Waals surface area (Å²) in [5.41, 5.74) is 1.04. The van der Waals surface area contributed by atoms with E-state index in [1.165, 1.54) is 6.26 Å². The van der Waals surface area contributed by atoms with Crippen LogP contribution in [0.2, 0.25) is 0 Å². The van der Waals surface area contributed by atoms with Crippen molar-refractivity contribution in [3.8, 4) is 5.75 Å². The summed E-state index contributed by atoms with van der Waals surface area (Å²) in [5, 5.41) is 3.04. The third kappa shape index (κ3) is 6.98. The molecule has 0 aliphatic heterocycles. The monoisotopic (exact) mass is 283 g/mol. The molecule has 0 spiro atoms. The summed E-state index contributed by atoms with van der Waals surface area (Å²) in [7, 11) is -2.89. The summed E-state index contributed by atoms with van der Waals surface area (Å²) in [5.74, 6) is 0.993. The molecule has 5 heteroatoms. The number of hydrogen-bond acceptors (Lipinski definition) is 4. The fraction of sp³-hybridized carbons (Fsp3) is 0.429. The van der Waals surface area contributed by atoms with Gasteiger partial charge >= 0.3 is 0 Å². The predicted molar refractivity (Wildman–Crippen MR) is 79.2 cm³/mol. The first-order valence-electron chi connectivity index (χ1n) is 6.26. The maximum absolute atomic E-state index is 10.9. The standard InChI is InChI=1S/C14H21NO3S/c1-3-6-13-7-4-5-8-14(13)18-11-9-15-10-12-19(2,16)17/h3-8,15H,9-12H2,1-2H3. The van der Waals surface area contributed by atoms with E-state index in [2.05, 4.69) is 5.32 Å².